The molecule has 0 bridgehead atoms. The predicted molar refractivity (Wildman–Crippen MR) is 73.7 cm³/mol. The fraction of sp³-hybridized carbons (Fsp3) is 0.500. The van der Waals surface area contributed by atoms with Crippen molar-refractivity contribution in [3.8, 4) is 0 Å². The number of carbonyl (C=O) groups excluding carboxylic acids is 1. The number of aryl methyl sites for hydroxylation is 1. The summed E-state index contributed by atoms with van der Waals surface area (Å²) >= 11 is 1.56. The quantitative estimate of drug-likeness (QED) is 0.847. The molecule has 98 valence electrons. The van der Waals surface area contributed by atoms with Gasteiger partial charge in [-0.25, -0.2) is 0 Å². The third kappa shape index (κ3) is 3.27. The molecule has 0 aliphatic carbocycles. The van der Waals surface area contributed by atoms with Crippen molar-refractivity contribution in [2.75, 3.05) is 18.9 Å². The average molecular weight is 265 g/mol. The molecule has 0 radical (unpaired) electrons. The topological polar surface area (TPSA) is 40.5 Å². The Morgan fingerprint density at radius 3 is 2.83 bits per heavy atom. The molecule has 1 fully saturated rings. The van der Waals surface area contributed by atoms with Crippen molar-refractivity contribution >= 4 is 17.7 Å². The Kier molecular flexibility index (Phi) is 4.66. The first-order valence-corrected chi connectivity index (χ1v) is 7.29. The Hall–Kier alpha value is -1.00. The number of aliphatic hydroxyl groups excluding tert-OH is 1. The maximum Gasteiger partial charge on any atom is 0.233 e. The van der Waals surface area contributed by atoms with Crippen LogP contribution in [0.3, 0.4) is 0 Å². The van der Waals surface area contributed by atoms with Gasteiger partial charge in [0.05, 0.1) is 18.4 Å². The molecule has 3 nitrogen and oxygen atoms in total. The van der Waals surface area contributed by atoms with Gasteiger partial charge >= 0.3 is 0 Å². The van der Waals surface area contributed by atoms with Crippen LogP contribution in [0.1, 0.15) is 18.4 Å². The number of aliphatic hydroxyl groups is 1. The highest BCUT2D eigenvalue weighted by molar-refractivity contribution is 8.00. The van der Waals surface area contributed by atoms with Gasteiger partial charge in [-0.2, -0.15) is 0 Å². The van der Waals surface area contributed by atoms with Crippen molar-refractivity contribution in [2.45, 2.75) is 30.7 Å². The van der Waals surface area contributed by atoms with E-state index in [0.717, 1.165) is 24.3 Å². The van der Waals surface area contributed by atoms with Gasteiger partial charge in [-0.15, -0.1) is 11.8 Å². The SMILES string of the molecule is Cc1ccc(SCC(=O)N2CCCC2CO)cc1. The molecule has 18 heavy (non-hydrogen) atoms. The lowest BCUT2D eigenvalue weighted by Crippen LogP contribution is -2.38. The summed E-state index contributed by atoms with van der Waals surface area (Å²) in [5.74, 6) is 0.594. The van der Waals surface area contributed by atoms with Crippen LogP contribution in [0.4, 0.5) is 0 Å². The van der Waals surface area contributed by atoms with Gasteiger partial charge in [0.15, 0.2) is 0 Å². The second-order valence-electron chi connectivity index (χ2n) is 4.67. The van der Waals surface area contributed by atoms with Crippen molar-refractivity contribution in [3.05, 3.63) is 29.8 Å². The third-order valence-corrected chi connectivity index (χ3v) is 4.29. The van der Waals surface area contributed by atoms with Crippen molar-refractivity contribution in [1.82, 2.24) is 4.90 Å². The Morgan fingerprint density at radius 2 is 2.17 bits per heavy atom. The Morgan fingerprint density at radius 1 is 1.44 bits per heavy atom. The normalized spacial score (nSPS) is 19.2. The number of amides is 1. The second-order valence-corrected chi connectivity index (χ2v) is 5.72. The molecule has 1 atom stereocenters. The Balaban J connectivity index is 1.86. The summed E-state index contributed by atoms with van der Waals surface area (Å²) in [4.78, 5) is 15.0. The summed E-state index contributed by atoms with van der Waals surface area (Å²) in [5, 5.41) is 9.20. The molecule has 1 heterocycles. The van der Waals surface area contributed by atoms with E-state index >= 15 is 0 Å². The van der Waals surface area contributed by atoms with Crippen molar-refractivity contribution in [1.29, 1.82) is 0 Å². The van der Waals surface area contributed by atoms with Gasteiger partial charge in [-0.05, 0) is 31.9 Å². The Labute approximate surface area is 112 Å². The number of thioether (sulfide) groups is 1. The summed E-state index contributed by atoms with van der Waals surface area (Å²) in [6.07, 6.45) is 1.93. The zero-order valence-electron chi connectivity index (χ0n) is 10.6. The standard InChI is InChI=1S/C14H19NO2S/c1-11-4-6-13(7-5-11)18-10-14(17)15-8-2-3-12(15)9-16/h4-7,12,16H,2-3,8-10H2,1H3. The number of benzene rings is 1. The van der Waals surface area contributed by atoms with Gasteiger partial charge in [0.1, 0.15) is 0 Å². The first kappa shape index (κ1) is 13.4. The number of likely N-dealkylation sites (tertiary alicyclic amines) is 1. The fourth-order valence-corrected chi connectivity index (χ4v) is 3.00. The van der Waals surface area contributed by atoms with Gasteiger partial charge in [0.2, 0.25) is 5.91 Å². The van der Waals surface area contributed by atoms with E-state index in [9.17, 15) is 9.90 Å². The molecule has 1 saturated heterocycles. The van der Waals surface area contributed by atoms with Gasteiger partial charge < -0.3 is 10.0 Å². The van der Waals surface area contributed by atoms with E-state index in [1.54, 1.807) is 11.8 Å². The number of nitrogens with zero attached hydrogens (tertiary/aromatic N) is 1. The van der Waals surface area contributed by atoms with E-state index in [2.05, 4.69) is 19.1 Å². The summed E-state index contributed by atoms with van der Waals surface area (Å²) in [6.45, 7) is 2.93. The molecule has 1 aliphatic heterocycles. The summed E-state index contributed by atoms with van der Waals surface area (Å²) in [5.41, 5.74) is 1.23. The van der Waals surface area contributed by atoms with Crippen molar-refractivity contribution in [2.24, 2.45) is 0 Å². The molecule has 1 N–H and O–H groups in total. The third-order valence-electron chi connectivity index (χ3n) is 3.29. The van der Waals surface area contributed by atoms with Crippen LogP contribution in [0.25, 0.3) is 0 Å². The molecule has 2 rings (SSSR count). The minimum atomic E-state index is 0.0381. The van der Waals surface area contributed by atoms with E-state index < -0.39 is 0 Å². The maximum absolute atomic E-state index is 12.0. The first-order chi connectivity index (χ1) is 8.70. The highest BCUT2D eigenvalue weighted by Crippen LogP contribution is 2.22. The van der Waals surface area contributed by atoms with Gasteiger partial charge in [-0.1, -0.05) is 17.7 Å². The molecular weight excluding hydrogens is 246 g/mol. The van der Waals surface area contributed by atoms with Crippen LogP contribution in [0.5, 0.6) is 0 Å². The first-order valence-electron chi connectivity index (χ1n) is 6.30. The molecule has 1 unspecified atom stereocenters. The second kappa shape index (κ2) is 6.25. The monoisotopic (exact) mass is 265 g/mol. The smallest absolute Gasteiger partial charge is 0.233 e. The molecule has 4 heteroatoms. The average Bonchev–Trinajstić information content (AvgIpc) is 2.86. The highest BCUT2D eigenvalue weighted by Gasteiger charge is 2.27. The van der Waals surface area contributed by atoms with Gasteiger partial charge in [0.25, 0.3) is 0 Å². The Bertz CT molecular complexity index is 405. The van der Waals surface area contributed by atoms with Crippen molar-refractivity contribution < 1.29 is 9.90 Å². The largest absolute Gasteiger partial charge is 0.394 e. The number of rotatable bonds is 4. The number of hydrogen-bond acceptors (Lipinski definition) is 3. The summed E-state index contributed by atoms with van der Waals surface area (Å²) in [7, 11) is 0. The minimum absolute atomic E-state index is 0.0381. The summed E-state index contributed by atoms with van der Waals surface area (Å²) < 4.78 is 0. The molecule has 1 aromatic carbocycles. The highest BCUT2D eigenvalue weighted by atomic mass is 32.2. The molecule has 0 saturated carbocycles. The van der Waals surface area contributed by atoms with E-state index in [0.29, 0.717) is 5.75 Å². The molecule has 0 aromatic heterocycles. The molecule has 1 aromatic rings. The van der Waals surface area contributed by atoms with Crippen LogP contribution < -0.4 is 0 Å². The predicted octanol–water partition coefficient (Wildman–Crippen LogP) is 2.07. The maximum atomic E-state index is 12.0. The van der Waals surface area contributed by atoms with E-state index in [-0.39, 0.29) is 18.6 Å². The van der Waals surface area contributed by atoms with Gasteiger partial charge in [-0.3, -0.25) is 4.79 Å². The zero-order valence-corrected chi connectivity index (χ0v) is 11.4. The lowest BCUT2D eigenvalue weighted by atomic mass is 10.2. The van der Waals surface area contributed by atoms with Crippen molar-refractivity contribution in [3.63, 3.8) is 0 Å². The van der Waals surface area contributed by atoms with Crippen LogP contribution in [0, 0.1) is 6.92 Å². The molecule has 0 spiro atoms. The van der Waals surface area contributed by atoms with E-state index in [1.165, 1.54) is 5.56 Å². The molecule has 1 aliphatic rings. The van der Waals surface area contributed by atoms with E-state index in [1.807, 2.05) is 17.0 Å². The van der Waals surface area contributed by atoms with Crippen LogP contribution in [0.2, 0.25) is 0 Å². The molecular formula is C14H19NO2S. The zero-order chi connectivity index (χ0) is 13.0. The molecule has 1 amide bonds. The number of carbonyl (C=O) groups is 1. The van der Waals surface area contributed by atoms with Gasteiger partial charge in [0, 0.05) is 11.4 Å². The van der Waals surface area contributed by atoms with Crippen LogP contribution in [-0.4, -0.2) is 40.9 Å². The fourth-order valence-electron chi connectivity index (χ4n) is 2.22. The van der Waals surface area contributed by atoms with Crippen LogP contribution in [-0.2, 0) is 4.79 Å². The lowest BCUT2D eigenvalue weighted by molar-refractivity contribution is -0.129. The summed E-state index contributed by atoms with van der Waals surface area (Å²) in [6, 6.07) is 8.23. The lowest BCUT2D eigenvalue weighted by Gasteiger charge is -2.22. The minimum Gasteiger partial charge on any atom is -0.394 e. The van der Waals surface area contributed by atoms with Crippen LogP contribution >= 0.6 is 11.8 Å². The number of hydrogen-bond donors (Lipinski definition) is 1. The van der Waals surface area contributed by atoms with E-state index in [4.69, 9.17) is 0 Å². The van der Waals surface area contributed by atoms with Crippen LogP contribution in [0.15, 0.2) is 29.2 Å².